The lowest BCUT2D eigenvalue weighted by Gasteiger charge is -2.44. The van der Waals surface area contributed by atoms with Gasteiger partial charge in [-0.25, -0.2) is 4.98 Å². The number of anilines is 3. The number of nitrogens with one attached hydrogen (secondary N) is 1. The van der Waals surface area contributed by atoms with Crippen molar-refractivity contribution >= 4 is 29.2 Å². The Kier molecular flexibility index (Phi) is 7.90. The normalized spacial score (nSPS) is 17.7. The third kappa shape index (κ3) is 5.36. The van der Waals surface area contributed by atoms with Crippen molar-refractivity contribution in [2.24, 2.45) is 5.92 Å². The number of piperazine rings is 1. The van der Waals surface area contributed by atoms with E-state index >= 15 is 0 Å². The zero-order valence-corrected chi connectivity index (χ0v) is 21.8. The summed E-state index contributed by atoms with van der Waals surface area (Å²) >= 11 is 0. The van der Waals surface area contributed by atoms with Crippen LogP contribution in [0.2, 0.25) is 0 Å². The number of rotatable bonds is 9. The minimum atomic E-state index is 0.0491. The number of hydrogen-bond donors (Lipinski definition) is 1. The summed E-state index contributed by atoms with van der Waals surface area (Å²) in [6.07, 6.45) is 6.04. The summed E-state index contributed by atoms with van der Waals surface area (Å²) in [5.41, 5.74) is 5.09. The molecule has 1 saturated heterocycles. The van der Waals surface area contributed by atoms with E-state index in [1.807, 2.05) is 24.0 Å². The van der Waals surface area contributed by atoms with E-state index in [0.717, 1.165) is 47.0 Å². The molecule has 1 N–H and O–H groups in total. The Morgan fingerprint density at radius 3 is 2.81 bits per heavy atom. The number of amides is 1. The van der Waals surface area contributed by atoms with Crippen LogP contribution >= 0.6 is 0 Å². The fourth-order valence-corrected chi connectivity index (χ4v) is 4.88. The standard InChI is InChI=1S/C28H36N6O2/c1-6-21-15-22(9-11-30-21)31-26-19(4)23(16-29)28(32-27(26)20-7-8-20)33-12-13-34(24(17-33)18(2)3)25(35)10-14-36-5/h6,9,11,15,18,20,24H,1,7-8,10,12-14,17H2,2-5H3,(H,30,31)/t24-/m0/s1. The lowest BCUT2D eigenvalue weighted by atomic mass is 9.97. The predicted molar refractivity (Wildman–Crippen MR) is 142 cm³/mol. The molecule has 1 aliphatic heterocycles. The molecule has 2 aliphatic rings. The maximum Gasteiger partial charge on any atom is 0.225 e. The van der Waals surface area contributed by atoms with Crippen molar-refractivity contribution in [3.8, 4) is 6.07 Å². The van der Waals surface area contributed by atoms with Crippen molar-refractivity contribution in [1.29, 1.82) is 5.26 Å². The molecule has 1 atom stereocenters. The van der Waals surface area contributed by atoms with Crippen molar-refractivity contribution < 1.29 is 9.53 Å². The highest BCUT2D eigenvalue weighted by Crippen LogP contribution is 2.46. The lowest BCUT2D eigenvalue weighted by molar-refractivity contribution is -0.135. The molecule has 2 fully saturated rings. The molecule has 3 heterocycles. The van der Waals surface area contributed by atoms with Crippen molar-refractivity contribution in [1.82, 2.24) is 14.9 Å². The molecule has 0 bridgehead atoms. The van der Waals surface area contributed by atoms with Crippen molar-refractivity contribution in [2.75, 3.05) is 43.6 Å². The Balaban J connectivity index is 1.68. The first-order chi connectivity index (χ1) is 17.4. The number of hydrogen-bond acceptors (Lipinski definition) is 7. The zero-order valence-electron chi connectivity index (χ0n) is 21.8. The lowest BCUT2D eigenvalue weighted by Crippen LogP contribution is -2.57. The molecule has 1 aliphatic carbocycles. The minimum Gasteiger partial charge on any atom is -0.384 e. The second-order valence-electron chi connectivity index (χ2n) is 9.97. The van der Waals surface area contributed by atoms with Gasteiger partial charge in [0.1, 0.15) is 11.9 Å². The number of methoxy groups -OCH3 is 1. The summed E-state index contributed by atoms with van der Waals surface area (Å²) < 4.78 is 5.12. The molecule has 2 aromatic heterocycles. The summed E-state index contributed by atoms with van der Waals surface area (Å²) in [6.45, 7) is 12.4. The van der Waals surface area contributed by atoms with Crippen molar-refractivity contribution in [3.63, 3.8) is 0 Å². The van der Waals surface area contributed by atoms with Crippen LogP contribution in [0.5, 0.6) is 0 Å². The van der Waals surface area contributed by atoms with E-state index in [1.165, 1.54) is 0 Å². The van der Waals surface area contributed by atoms with Crippen LogP contribution in [0.15, 0.2) is 24.9 Å². The maximum atomic E-state index is 12.8. The van der Waals surface area contributed by atoms with Gasteiger partial charge in [0, 0.05) is 44.5 Å². The number of ether oxygens (including phenoxy) is 1. The van der Waals surface area contributed by atoms with Crippen LogP contribution in [-0.4, -0.2) is 60.2 Å². The molecule has 1 amide bonds. The number of aromatic nitrogens is 2. The van der Waals surface area contributed by atoms with Gasteiger partial charge < -0.3 is 19.9 Å². The molecule has 190 valence electrons. The van der Waals surface area contributed by atoms with Gasteiger partial charge >= 0.3 is 0 Å². The third-order valence-corrected chi connectivity index (χ3v) is 7.12. The molecule has 2 aromatic rings. The highest BCUT2D eigenvalue weighted by Gasteiger charge is 2.36. The average molecular weight is 489 g/mol. The summed E-state index contributed by atoms with van der Waals surface area (Å²) in [7, 11) is 1.62. The van der Waals surface area contributed by atoms with Crippen LogP contribution in [0.25, 0.3) is 6.08 Å². The second kappa shape index (κ2) is 11.1. The Hall–Kier alpha value is -3.44. The van der Waals surface area contributed by atoms with Crippen molar-refractivity contribution in [2.45, 2.75) is 52.0 Å². The smallest absolute Gasteiger partial charge is 0.225 e. The molecular formula is C28H36N6O2. The molecule has 0 radical (unpaired) electrons. The van der Waals surface area contributed by atoms with Crippen molar-refractivity contribution in [3.05, 3.63) is 47.4 Å². The highest BCUT2D eigenvalue weighted by molar-refractivity contribution is 5.78. The SMILES string of the molecule is C=Cc1cc(Nc2c(C3CC3)nc(N3CCN(C(=O)CCOC)[C@H](C(C)C)C3)c(C#N)c2C)ccn1. The van der Waals surface area contributed by atoms with Gasteiger partial charge in [-0.15, -0.1) is 0 Å². The number of carbonyl (C=O) groups is 1. The molecule has 1 saturated carbocycles. The average Bonchev–Trinajstić information content (AvgIpc) is 3.73. The van der Waals surface area contributed by atoms with E-state index in [-0.39, 0.29) is 17.9 Å². The molecular weight excluding hydrogens is 452 g/mol. The number of pyridine rings is 2. The molecule has 0 aromatic carbocycles. The van der Waals surface area contributed by atoms with Crippen LogP contribution in [0.4, 0.5) is 17.2 Å². The predicted octanol–water partition coefficient (Wildman–Crippen LogP) is 4.63. The largest absolute Gasteiger partial charge is 0.384 e. The highest BCUT2D eigenvalue weighted by atomic mass is 16.5. The van der Waals surface area contributed by atoms with E-state index in [9.17, 15) is 10.1 Å². The summed E-state index contributed by atoms with van der Waals surface area (Å²) in [6, 6.07) is 6.34. The molecule has 0 unspecified atom stereocenters. The summed E-state index contributed by atoms with van der Waals surface area (Å²) in [5.74, 6) is 1.52. The zero-order chi connectivity index (χ0) is 25.8. The third-order valence-electron chi connectivity index (χ3n) is 7.12. The summed E-state index contributed by atoms with van der Waals surface area (Å²) in [5, 5.41) is 13.7. The number of nitrogens with zero attached hydrogens (tertiary/aromatic N) is 5. The molecule has 8 heteroatoms. The second-order valence-corrected chi connectivity index (χ2v) is 9.97. The molecule has 8 nitrogen and oxygen atoms in total. The van der Waals surface area contributed by atoms with Crippen LogP contribution in [0.1, 0.15) is 61.5 Å². The maximum absolute atomic E-state index is 12.8. The molecule has 0 spiro atoms. The van der Waals surface area contributed by atoms with Crippen LogP contribution in [-0.2, 0) is 9.53 Å². The number of carbonyl (C=O) groups excluding carboxylic acids is 1. The van der Waals surface area contributed by atoms with Crippen LogP contribution < -0.4 is 10.2 Å². The van der Waals surface area contributed by atoms with Gasteiger partial charge in [0.25, 0.3) is 0 Å². The van der Waals surface area contributed by atoms with Gasteiger partial charge in [0.15, 0.2) is 0 Å². The first-order valence-electron chi connectivity index (χ1n) is 12.7. The minimum absolute atomic E-state index is 0.0491. The van der Waals surface area contributed by atoms with Gasteiger partial charge in [0.2, 0.25) is 5.91 Å². The molecule has 36 heavy (non-hydrogen) atoms. The Labute approximate surface area is 214 Å². The van der Waals surface area contributed by atoms with E-state index in [0.29, 0.717) is 44.1 Å². The Bertz CT molecular complexity index is 1170. The van der Waals surface area contributed by atoms with E-state index in [2.05, 4.69) is 41.7 Å². The topological polar surface area (TPSA) is 94.4 Å². The van der Waals surface area contributed by atoms with Gasteiger partial charge in [-0.1, -0.05) is 20.4 Å². The fraction of sp³-hybridized carbons (Fsp3) is 0.500. The Morgan fingerprint density at radius 1 is 1.39 bits per heavy atom. The van der Waals surface area contributed by atoms with Gasteiger partial charge in [-0.2, -0.15) is 5.26 Å². The van der Waals surface area contributed by atoms with Crippen LogP contribution in [0, 0.1) is 24.2 Å². The van der Waals surface area contributed by atoms with Gasteiger partial charge in [-0.3, -0.25) is 9.78 Å². The monoisotopic (exact) mass is 488 g/mol. The number of nitriles is 1. The van der Waals surface area contributed by atoms with Gasteiger partial charge in [-0.05, 0) is 49.5 Å². The van der Waals surface area contributed by atoms with Crippen LogP contribution in [0.3, 0.4) is 0 Å². The van der Waals surface area contributed by atoms with E-state index in [1.54, 1.807) is 19.4 Å². The quantitative estimate of drug-likeness (QED) is 0.550. The Morgan fingerprint density at radius 2 is 2.17 bits per heavy atom. The first-order valence-corrected chi connectivity index (χ1v) is 12.7. The van der Waals surface area contributed by atoms with E-state index < -0.39 is 0 Å². The molecule has 4 rings (SSSR count). The first kappa shape index (κ1) is 25.6. The van der Waals surface area contributed by atoms with Gasteiger partial charge in [0.05, 0.1) is 41.7 Å². The fourth-order valence-electron chi connectivity index (χ4n) is 4.88. The van der Waals surface area contributed by atoms with E-state index in [4.69, 9.17) is 9.72 Å². The summed E-state index contributed by atoms with van der Waals surface area (Å²) in [4.78, 5) is 26.4.